The number of alkyl halides is 4. The van der Waals surface area contributed by atoms with Crippen LogP contribution in [-0.4, -0.2) is 19.0 Å². The van der Waals surface area contributed by atoms with Crippen LogP contribution < -0.4 is 4.74 Å². The third-order valence-corrected chi connectivity index (χ3v) is 3.14. The van der Waals surface area contributed by atoms with Crippen LogP contribution in [0.15, 0.2) is 29.8 Å². The first-order valence-electron chi connectivity index (χ1n) is 5.33. The zero-order chi connectivity index (χ0) is 15.1. The van der Waals surface area contributed by atoms with Crippen molar-refractivity contribution in [1.29, 1.82) is 0 Å². The fraction of sp³-hybridized carbons (Fsp3) is 0.333. The van der Waals surface area contributed by atoms with Gasteiger partial charge >= 0.3 is 11.8 Å². The second kappa shape index (κ2) is 4.80. The minimum Gasteiger partial charge on any atom is -0.497 e. The Hall–Kier alpha value is -1.50. The molecule has 0 saturated heterocycles. The quantitative estimate of drug-likeness (QED) is 0.770. The van der Waals surface area contributed by atoms with Crippen molar-refractivity contribution in [3.8, 4) is 5.75 Å². The molecule has 0 aliphatic heterocycles. The molecule has 0 saturated carbocycles. The lowest BCUT2D eigenvalue weighted by Gasteiger charge is -2.35. The normalized spacial score (nSPS) is 19.6. The van der Waals surface area contributed by atoms with E-state index in [1.54, 1.807) is 0 Å². The molecule has 1 aliphatic rings. The van der Waals surface area contributed by atoms with Crippen LogP contribution in [0.4, 0.5) is 22.0 Å². The number of methoxy groups -OCH3 is 1. The molecule has 0 heterocycles. The highest BCUT2D eigenvalue weighted by atomic mass is 35.5. The standard InChI is InChI=1S/C12H8ClF5O2/c1-19-7-3-2-6(8(13)4-7)5-20-10-9(14)11(15,16)12(10,17)18/h2-4H,5H2,1H3. The molecule has 0 amide bonds. The fourth-order valence-corrected chi connectivity index (χ4v) is 1.80. The molecular formula is C12H8ClF5O2. The SMILES string of the molecule is COc1ccc(COC2=C(F)C(F)(F)C2(F)F)c(Cl)c1. The number of hydrogen-bond acceptors (Lipinski definition) is 2. The molecule has 0 aromatic heterocycles. The summed E-state index contributed by atoms with van der Waals surface area (Å²) in [6, 6.07) is 4.26. The van der Waals surface area contributed by atoms with Crippen molar-refractivity contribution < 1.29 is 31.4 Å². The highest BCUT2D eigenvalue weighted by Crippen LogP contribution is 2.56. The van der Waals surface area contributed by atoms with Gasteiger partial charge in [0.15, 0.2) is 0 Å². The van der Waals surface area contributed by atoms with Gasteiger partial charge in [0.1, 0.15) is 12.4 Å². The van der Waals surface area contributed by atoms with Gasteiger partial charge in [-0.15, -0.1) is 0 Å². The molecule has 110 valence electrons. The van der Waals surface area contributed by atoms with E-state index in [0.717, 1.165) is 0 Å². The van der Waals surface area contributed by atoms with E-state index < -0.39 is 30.0 Å². The molecule has 0 atom stereocenters. The molecule has 1 aromatic rings. The van der Waals surface area contributed by atoms with Gasteiger partial charge in [-0.25, -0.2) is 4.39 Å². The molecular weight excluding hydrogens is 307 g/mol. The van der Waals surface area contributed by atoms with E-state index >= 15 is 0 Å². The highest BCUT2D eigenvalue weighted by Gasteiger charge is 2.74. The van der Waals surface area contributed by atoms with Crippen LogP contribution in [0.2, 0.25) is 5.02 Å². The zero-order valence-corrected chi connectivity index (χ0v) is 10.8. The van der Waals surface area contributed by atoms with Crippen molar-refractivity contribution in [3.05, 3.63) is 40.4 Å². The molecule has 0 fully saturated rings. The number of rotatable bonds is 4. The first kappa shape index (κ1) is 14.9. The zero-order valence-electron chi connectivity index (χ0n) is 10.0. The molecule has 2 rings (SSSR count). The Bertz CT molecular complexity index is 571. The average molecular weight is 315 g/mol. The Morgan fingerprint density at radius 3 is 2.30 bits per heavy atom. The fourth-order valence-electron chi connectivity index (χ4n) is 1.57. The van der Waals surface area contributed by atoms with Crippen LogP contribution in [0.5, 0.6) is 5.75 Å². The lowest BCUT2D eigenvalue weighted by molar-refractivity contribution is -0.233. The molecule has 0 radical (unpaired) electrons. The van der Waals surface area contributed by atoms with Crippen LogP contribution in [0.3, 0.4) is 0 Å². The molecule has 0 bridgehead atoms. The van der Waals surface area contributed by atoms with Gasteiger partial charge < -0.3 is 9.47 Å². The summed E-state index contributed by atoms with van der Waals surface area (Å²) in [6.07, 6.45) is 0. The minimum absolute atomic E-state index is 0.125. The molecule has 20 heavy (non-hydrogen) atoms. The van der Waals surface area contributed by atoms with Crippen molar-refractivity contribution in [2.45, 2.75) is 18.5 Å². The van der Waals surface area contributed by atoms with E-state index in [1.165, 1.54) is 25.3 Å². The third-order valence-electron chi connectivity index (χ3n) is 2.79. The van der Waals surface area contributed by atoms with Gasteiger partial charge in [-0.05, 0) is 12.1 Å². The topological polar surface area (TPSA) is 18.5 Å². The maximum atomic E-state index is 12.9. The van der Waals surface area contributed by atoms with Crippen LogP contribution in [0.25, 0.3) is 0 Å². The first-order chi connectivity index (χ1) is 9.21. The number of halogens is 6. The largest absolute Gasteiger partial charge is 0.497 e. The second-order valence-corrected chi connectivity index (χ2v) is 4.45. The Morgan fingerprint density at radius 2 is 1.80 bits per heavy atom. The summed E-state index contributed by atoms with van der Waals surface area (Å²) in [6.45, 7) is -0.558. The maximum absolute atomic E-state index is 12.9. The number of benzene rings is 1. The second-order valence-electron chi connectivity index (χ2n) is 4.04. The lowest BCUT2D eigenvalue weighted by Crippen LogP contribution is -2.53. The van der Waals surface area contributed by atoms with E-state index in [9.17, 15) is 22.0 Å². The van der Waals surface area contributed by atoms with Crippen molar-refractivity contribution >= 4 is 11.6 Å². The summed E-state index contributed by atoms with van der Waals surface area (Å²) >= 11 is 5.81. The van der Waals surface area contributed by atoms with Crippen LogP contribution >= 0.6 is 11.6 Å². The van der Waals surface area contributed by atoms with E-state index in [4.69, 9.17) is 16.3 Å². The molecule has 1 aromatic carbocycles. The van der Waals surface area contributed by atoms with E-state index in [0.29, 0.717) is 5.75 Å². The summed E-state index contributed by atoms with van der Waals surface area (Å²) in [5.41, 5.74) is 0.235. The number of hydrogen-bond donors (Lipinski definition) is 0. The Morgan fingerprint density at radius 1 is 1.15 bits per heavy atom. The van der Waals surface area contributed by atoms with Crippen LogP contribution in [-0.2, 0) is 11.3 Å². The Balaban J connectivity index is 2.13. The Labute approximate surface area is 115 Å². The molecule has 0 unspecified atom stereocenters. The van der Waals surface area contributed by atoms with Gasteiger partial charge in [-0.2, -0.15) is 17.6 Å². The van der Waals surface area contributed by atoms with E-state index in [1.807, 2.05) is 0 Å². The van der Waals surface area contributed by atoms with Crippen molar-refractivity contribution in [2.75, 3.05) is 7.11 Å². The lowest BCUT2D eigenvalue weighted by atomic mass is 9.96. The average Bonchev–Trinajstić information content (AvgIpc) is 2.39. The van der Waals surface area contributed by atoms with Crippen molar-refractivity contribution in [3.63, 3.8) is 0 Å². The smallest absolute Gasteiger partial charge is 0.375 e. The summed E-state index contributed by atoms with van der Waals surface area (Å²) in [7, 11) is 1.40. The number of ether oxygens (including phenoxy) is 2. The predicted molar refractivity (Wildman–Crippen MR) is 60.8 cm³/mol. The summed E-state index contributed by atoms with van der Waals surface area (Å²) in [4.78, 5) is 0. The van der Waals surface area contributed by atoms with Gasteiger partial charge in [-0.1, -0.05) is 17.7 Å². The molecule has 8 heteroatoms. The van der Waals surface area contributed by atoms with Crippen molar-refractivity contribution in [1.82, 2.24) is 0 Å². The van der Waals surface area contributed by atoms with Gasteiger partial charge in [0.05, 0.1) is 12.1 Å². The minimum atomic E-state index is -4.81. The molecule has 0 spiro atoms. The number of allylic oxidation sites excluding steroid dienone is 2. The van der Waals surface area contributed by atoms with Gasteiger partial charge in [0.2, 0.25) is 11.6 Å². The van der Waals surface area contributed by atoms with Gasteiger partial charge in [-0.3, -0.25) is 0 Å². The summed E-state index contributed by atoms with van der Waals surface area (Å²) in [5.74, 6) is -13.0. The molecule has 2 nitrogen and oxygen atoms in total. The summed E-state index contributed by atoms with van der Waals surface area (Å²) in [5, 5.41) is 0.125. The Kier molecular flexibility index (Phi) is 3.58. The molecule has 1 aliphatic carbocycles. The third kappa shape index (κ3) is 2.09. The first-order valence-corrected chi connectivity index (χ1v) is 5.71. The predicted octanol–water partition coefficient (Wildman–Crippen LogP) is 4.33. The van der Waals surface area contributed by atoms with Crippen molar-refractivity contribution in [2.24, 2.45) is 0 Å². The van der Waals surface area contributed by atoms with Crippen LogP contribution in [0, 0.1) is 0 Å². The maximum Gasteiger partial charge on any atom is 0.375 e. The van der Waals surface area contributed by atoms with Gasteiger partial charge in [0, 0.05) is 5.56 Å². The van der Waals surface area contributed by atoms with E-state index in [-0.39, 0.29) is 10.6 Å². The van der Waals surface area contributed by atoms with E-state index in [2.05, 4.69) is 4.74 Å². The summed E-state index contributed by atoms with van der Waals surface area (Å²) < 4.78 is 73.1. The van der Waals surface area contributed by atoms with Gasteiger partial charge in [0.25, 0.3) is 0 Å². The van der Waals surface area contributed by atoms with Crippen LogP contribution in [0.1, 0.15) is 5.56 Å². The monoisotopic (exact) mass is 314 g/mol. The molecule has 0 N–H and O–H groups in total. The highest BCUT2D eigenvalue weighted by molar-refractivity contribution is 6.31.